The quantitative estimate of drug-likeness (QED) is 0.722. The number of benzene rings is 2. The second-order valence-corrected chi connectivity index (χ2v) is 8.60. The summed E-state index contributed by atoms with van der Waals surface area (Å²) in [7, 11) is 0. The molecule has 1 N–H and O–H groups in total. The fraction of sp³-hybridized carbons (Fsp3) is 0.333. The van der Waals surface area contributed by atoms with Gasteiger partial charge in [0.25, 0.3) is 5.91 Å². The first kappa shape index (κ1) is 18.7. The smallest absolute Gasteiger partial charge is 0.254 e. The number of pyridine rings is 1. The number of aromatic amines is 1. The molecule has 0 unspecified atom stereocenters. The number of nitrogens with zero attached hydrogens (tertiary/aromatic N) is 1. The highest BCUT2D eigenvalue weighted by Crippen LogP contribution is 2.38. The van der Waals surface area contributed by atoms with E-state index < -0.39 is 0 Å². The van der Waals surface area contributed by atoms with Crippen molar-refractivity contribution in [1.82, 2.24) is 9.88 Å². The summed E-state index contributed by atoms with van der Waals surface area (Å²) in [6, 6.07) is 14.9. The Morgan fingerprint density at radius 2 is 1.97 bits per heavy atom. The van der Waals surface area contributed by atoms with Crippen molar-refractivity contribution in [3.8, 4) is 11.5 Å². The molecule has 30 heavy (non-hydrogen) atoms. The number of carbonyl (C=O) groups is 1. The highest BCUT2D eigenvalue weighted by molar-refractivity contribution is 6.06. The SMILES string of the molecule is C[C@@]1(Cc2ccc3c(c2)OCO3)CCCN(C(=O)c2cc(=O)[nH]c3ccccc23)C1. The van der Waals surface area contributed by atoms with Gasteiger partial charge in [-0.2, -0.15) is 0 Å². The second-order valence-electron chi connectivity index (χ2n) is 8.60. The number of ether oxygens (including phenoxy) is 2. The Morgan fingerprint density at radius 3 is 2.87 bits per heavy atom. The molecule has 2 aromatic carbocycles. The largest absolute Gasteiger partial charge is 0.454 e. The Hall–Kier alpha value is -3.28. The molecule has 6 nitrogen and oxygen atoms in total. The fourth-order valence-corrected chi connectivity index (χ4v) is 4.73. The van der Waals surface area contributed by atoms with Gasteiger partial charge in [0.05, 0.1) is 5.56 Å². The van der Waals surface area contributed by atoms with Gasteiger partial charge in [-0.15, -0.1) is 0 Å². The van der Waals surface area contributed by atoms with Crippen LogP contribution in [0.15, 0.2) is 53.3 Å². The van der Waals surface area contributed by atoms with Crippen LogP contribution in [0.1, 0.15) is 35.7 Å². The zero-order chi connectivity index (χ0) is 20.7. The van der Waals surface area contributed by atoms with Gasteiger partial charge in [-0.3, -0.25) is 9.59 Å². The first-order valence-electron chi connectivity index (χ1n) is 10.3. The van der Waals surface area contributed by atoms with E-state index in [2.05, 4.69) is 18.0 Å². The summed E-state index contributed by atoms with van der Waals surface area (Å²) in [6.45, 7) is 3.85. The molecule has 3 heterocycles. The van der Waals surface area contributed by atoms with Crippen LogP contribution < -0.4 is 15.0 Å². The maximum Gasteiger partial charge on any atom is 0.254 e. The van der Waals surface area contributed by atoms with Gasteiger partial charge in [0.1, 0.15) is 0 Å². The first-order chi connectivity index (χ1) is 14.5. The van der Waals surface area contributed by atoms with Crippen LogP contribution >= 0.6 is 0 Å². The number of amides is 1. The summed E-state index contributed by atoms with van der Waals surface area (Å²) in [4.78, 5) is 30.2. The van der Waals surface area contributed by atoms with Crippen molar-refractivity contribution < 1.29 is 14.3 Å². The minimum Gasteiger partial charge on any atom is -0.454 e. The van der Waals surface area contributed by atoms with Crippen molar-refractivity contribution in [2.75, 3.05) is 19.9 Å². The van der Waals surface area contributed by atoms with E-state index in [-0.39, 0.29) is 23.7 Å². The zero-order valence-electron chi connectivity index (χ0n) is 16.9. The minimum absolute atomic E-state index is 0.0430. The lowest BCUT2D eigenvalue weighted by atomic mass is 9.76. The van der Waals surface area contributed by atoms with Gasteiger partial charge in [-0.25, -0.2) is 0 Å². The molecule has 0 spiro atoms. The van der Waals surface area contributed by atoms with Crippen LogP contribution in [0, 0.1) is 5.41 Å². The van der Waals surface area contributed by atoms with Crippen LogP contribution in [0.3, 0.4) is 0 Å². The minimum atomic E-state index is -0.253. The molecule has 0 saturated carbocycles. The van der Waals surface area contributed by atoms with E-state index in [1.165, 1.54) is 11.6 Å². The molecular weight excluding hydrogens is 380 g/mol. The van der Waals surface area contributed by atoms with Crippen molar-refractivity contribution >= 4 is 16.8 Å². The topological polar surface area (TPSA) is 71.6 Å². The zero-order valence-corrected chi connectivity index (χ0v) is 16.9. The monoisotopic (exact) mass is 404 g/mol. The molecule has 2 aliphatic heterocycles. The lowest BCUT2D eigenvalue weighted by molar-refractivity contribution is 0.0552. The first-order valence-corrected chi connectivity index (χ1v) is 10.3. The molecule has 1 amide bonds. The van der Waals surface area contributed by atoms with Gasteiger partial charge < -0.3 is 19.4 Å². The van der Waals surface area contributed by atoms with Crippen molar-refractivity contribution in [3.05, 3.63) is 70.0 Å². The van der Waals surface area contributed by atoms with E-state index in [0.717, 1.165) is 36.1 Å². The van der Waals surface area contributed by atoms with E-state index in [9.17, 15) is 9.59 Å². The molecule has 1 aromatic heterocycles. The van der Waals surface area contributed by atoms with Gasteiger partial charge in [0.15, 0.2) is 11.5 Å². The van der Waals surface area contributed by atoms with Crippen LogP contribution in [0.5, 0.6) is 11.5 Å². The normalized spacial score (nSPS) is 20.5. The van der Waals surface area contributed by atoms with Gasteiger partial charge in [-0.05, 0) is 48.4 Å². The molecule has 1 saturated heterocycles. The average molecular weight is 404 g/mol. The van der Waals surface area contributed by atoms with Crippen LogP contribution in [0.25, 0.3) is 10.9 Å². The highest BCUT2D eigenvalue weighted by atomic mass is 16.7. The predicted octanol–water partition coefficient (Wildman–Crippen LogP) is 3.74. The highest BCUT2D eigenvalue weighted by Gasteiger charge is 2.34. The molecule has 0 bridgehead atoms. The van der Waals surface area contributed by atoms with Crippen LogP contribution in [-0.4, -0.2) is 35.7 Å². The third-order valence-corrected chi connectivity index (χ3v) is 6.12. The maximum absolute atomic E-state index is 13.4. The van der Waals surface area contributed by atoms with Crippen molar-refractivity contribution in [3.63, 3.8) is 0 Å². The molecule has 1 atom stereocenters. The number of rotatable bonds is 3. The summed E-state index contributed by atoms with van der Waals surface area (Å²) >= 11 is 0. The molecular formula is C24H24N2O4. The maximum atomic E-state index is 13.4. The van der Waals surface area contributed by atoms with E-state index in [1.54, 1.807) is 0 Å². The Bertz CT molecular complexity index is 1190. The third-order valence-electron chi connectivity index (χ3n) is 6.12. The third kappa shape index (κ3) is 3.43. The number of fused-ring (bicyclic) bond motifs is 2. The van der Waals surface area contributed by atoms with Crippen LogP contribution in [0.2, 0.25) is 0 Å². The molecule has 3 aromatic rings. The summed E-state index contributed by atoms with van der Waals surface area (Å²) in [5.74, 6) is 1.49. The number of para-hydroxylation sites is 1. The van der Waals surface area contributed by atoms with Crippen molar-refractivity contribution in [1.29, 1.82) is 0 Å². The number of hydrogen-bond acceptors (Lipinski definition) is 4. The summed E-state index contributed by atoms with van der Waals surface area (Å²) in [6.07, 6.45) is 2.83. The lowest BCUT2D eigenvalue weighted by Crippen LogP contribution is -2.46. The second kappa shape index (κ2) is 7.20. The van der Waals surface area contributed by atoms with Gasteiger partial charge in [-0.1, -0.05) is 31.2 Å². The number of carbonyl (C=O) groups excluding carboxylic acids is 1. The van der Waals surface area contributed by atoms with Crippen molar-refractivity contribution in [2.45, 2.75) is 26.2 Å². The molecule has 5 rings (SSSR count). The number of H-pyrrole nitrogens is 1. The number of piperidine rings is 1. The van der Waals surface area contributed by atoms with E-state index >= 15 is 0 Å². The predicted molar refractivity (Wildman–Crippen MR) is 114 cm³/mol. The lowest BCUT2D eigenvalue weighted by Gasteiger charge is -2.41. The van der Waals surface area contributed by atoms with E-state index in [4.69, 9.17) is 9.47 Å². The number of nitrogens with one attached hydrogen (secondary N) is 1. The molecule has 2 aliphatic rings. The fourth-order valence-electron chi connectivity index (χ4n) is 4.73. The standard InChI is InChI=1S/C24H24N2O4/c1-24(13-16-7-8-20-21(11-16)30-15-29-20)9-4-10-26(14-24)23(28)18-12-22(27)25-19-6-3-2-5-17(18)19/h2-3,5-8,11-12H,4,9-10,13-15H2,1H3,(H,25,27)/t24-/m0/s1. The average Bonchev–Trinajstić information content (AvgIpc) is 3.20. The molecule has 0 radical (unpaired) electrons. The molecule has 154 valence electrons. The van der Waals surface area contributed by atoms with Crippen molar-refractivity contribution in [2.24, 2.45) is 5.41 Å². The Kier molecular flexibility index (Phi) is 4.50. The van der Waals surface area contributed by atoms with Gasteiger partial charge >= 0.3 is 0 Å². The summed E-state index contributed by atoms with van der Waals surface area (Å²) in [5, 5.41) is 0.783. The van der Waals surface area contributed by atoms with Gasteiger partial charge in [0.2, 0.25) is 12.4 Å². The number of aromatic nitrogens is 1. The Morgan fingerprint density at radius 1 is 1.13 bits per heavy atom. The Balaban J connectivity index is 1.40. The number of likely N-dealkylation sites (tertiary alicyclic amines) is 1. The molecule has 6 heteroatoms. The summed E-state index contributed by atoms with van der Waals surface area (Å²) in [5.41, 5.74) is 2.04. The van der Waals surface area contributed by atoms with E-state index in [1.807, 2.05) is 41.3 Å². The number of hydrogen-bond donors (Lipinski definition) is 1. The summed E-state index contributed by atoms with van der Waals surface area (Å²) < 4.78 is 10.9. The van der Waals surface area contributed by atoms with E-state index in [0.29, 0.717) is 24.2 Å². The molecule has 0 aliphatic carbocycles. The molecule has 1 fully saturated rings. The van der Waals surface area contributed by atoms with Crippen LogP contribution in [-0.2, 0) is 6.42 Å². The Labute approximate surface area is 174 Å². The van der Waals surface area contributed by atoms with Crippen LogP contribution in [0.4, 0.5) is 0 Å². The van der Waals surface area contributed by atoms with Gasteiger partial charge in [0, 0.05) is 30.1 Å².